The first-order valence-electron chi connectivity index (χ1n) is 7.88. The lowest BCUT2D eigenvalue weighted by molar-refractivity contribution is -0.128. The van der Waals surface area contributed by atoms with Gasteiger partial charge in [0.05, 0.1) is 19.3 Å². The first-order chi connectivity index (χ1) is 10.1. The number of amides is 1. The zero-order valence-electron chi connectivity index (χ0n) is 13.4. The van der Waals surface area contributed by atoms with Crippen LogP contribution in [0, 0.1) is 0 Å². The van der Waals surface area contributed by atoms with Crippen molar-refractivity contribution in [3.63, 3.8) is 0 Å². The molecule has 6 nitrogen and oxygen atoms in total. The Morgan fingerprint density at radius 2 is 2.14 bits per heavy atom. The van der Waals surface area contributed by atoms with Gasteiger partial charge in [-0.2, -0.15) is 0 Å². The van der Waals surface area contributed by atoms with Crippen molar-refractivity contribution in [1.29, 1.82) is 0 Å². The standard InChI is InChI=1S/C15H30N2O4/c1-3-17-15(14(16)18)7-4-6-13(12-15)21-11-10-20-9-5-8-19-2/h13,17H,3-12H2,1-2H3,(H2,16,18). The number of likely N-dealkylation sites (N-methyl/N-ethyl adjacent to an activating group) is 1. The Labute approximate surface area is 127 Å². The maximum atomic E-state index is 11.8. The van der Waals surface area contributed by atoms with Crippen LogP contribution in [0.25, 0.3) is 0 Å². The summed E-state index contributed by atoms with van der Waals surface area (Å²) in [7, 11) is 1.68. The predicted molar refractivity (Wildman–Crippen MR) is 81.1 cm³/mol. The fourth-order valence-corrected chi connectivity index (χ4v) is 2.86. The third-order valence-electron chi connectivity index (χ3n) is 3.91. The molecule has 21 heavy (non-hydrogen) atoms. The third kappa shape index (κ3) is 6.30. The van der Waals surface area contributed by atoms with Gasteiger partial charge in [-0.1, -0.05) is 6.92 Å². The van der Waals surface area contributed by atoms with Gasteiger partial charge in [0.1, 0.15) is 5.54 Å². The minimum Gasteiger partial charge on any atom is -0.385 e. The summed E-state index contributed by atoms with van der Waals surface area (Å²) in [6, 6.07) is 0. The number of rotatable bonds is 11. The largest absolute Gasteiger partial charge is 0.385 e. The molecule has 0 spiro atoms. The Bertz CT molecular complexity index is 297. The number of carbonyl (C=O) groups excluding carboxylic acids is 1. The molecule has 0 aromatic carbocycles. The lowest BCUT2D eigenvalue weighted by atomic mass is 9.79. The van der Waals surface area contributed by atoms with Gasteiger partial charge in [-0.05, 0) is 32.2 Å². The fourth-order valence-electron chi connectivity index (χ4n) is 2.86. The summed E-state index contributed by atoms with van der Waals surface area (Å²) in [5.74, 6) is -0.270. The zero-order valence-corrected chi connectivity index (χ0v) is 13.4. The molecule has 2 atom stereocenters. The Hall–Kier alpha value is -0.690. The van der Waals surface area contributed by atoms with Gasteiger partial charge < -0.3 is 25.3 Å². The van der Waals surface area contributed by atoms with E-state index in [-0.39, 0.29) is 12.0 Å². The summed E-state index contributed by atoms with van der Waals surface area (Å²) < 4.78 is 16.2. The van der Waals surface area contributed by atoms with Crippen molar-refractivity contribution < 1.29 is 19.0 Å². The first kappa shape index (κ1) is 18.4. The predicted octanol–water partition coefficient (Wildman–Crippen LogP) is 0.832. The van der Waals surface area contributed by atoms with Gasteiger partial charge in [0.15, 0.2) is 0 Å². The van der Waals surface area contributed by atoms with E-state index >= 15 is 0 Å². The van der Waals surface area contributed by atoms with E-state index in [0.717, 1.165) is 32.2 Å². The molecule has 0 saturated heterocycles. The maximum absolute atomic E-state index is 11.8. The second-order valence-electron chi connectivity index (χ2n) is 5.52. The average molecular weight is 302 g/mol. The molecular formula is C15H30N2O4. The van der Waals surface area contributed by atoms with E-state index in [4.69, 9.17) is 19.9 Å². The molecule has 0 radical (unpaired) electrons. The van der Waals surface area contributed by atoms with Gasteiger partial charge in [0.25, 0.3) is 0 Å². The van der Waals surface area contributed by atoms with Crippen molar-refractivity contribution in [3.05, 3.63) is 0 Å². The van der Waals surface area contributed by atoms with Crippen molar-refractivity contribution in [3.8, 4) is 0 Å². The van der Waals surface area contributed by atoms with E-state index < -0.39 is 5.54 Å². The molecule has 2 unspecified atom stereocenters. The van der Waals surface area contributed by atoms with Crippen LogP contribution in [0.4, 0.5) is 0 Å². The molecule has 1 saturated carbocycles. The number of primary amides is 1. The molecule has 1 aliphatic carbocycles. The SMILES string of the molecule is CCNC1(C(N)=O)CCCC(OCCOCCCOC)C1. The Balaban J connectivity index is 2.24. The highest BCUT2D eigenvalue weighted by Crippen LogP contribution is 2.30. The van der Waals surface area contributed by atoms with E-state index in [1.807, 2.05) is 6.92 Å². The number of carbonyl (C=O) groups is 1. The van der Waals surface area contributed by atoms with E-state index in [9.17, 15) is 4.79 Å². The normalized spacial score (nSPS) is 25.9. The summed E-state index contributed by atoms with van der Waals surface area (Å²) in [4.78, 5) is 11.8. The highest BCUT2D eigenvalue weighted by Gasteiger charge is 2.40. The zero-order chi connectivity index (χ0) is 15.6. The number of nitrogens with two attached hydrogens (primary N) is 1. The van der Waals surface area contributed by atoms with Crippen LogP contribution in [-0.4, -0.2) is 57.6 Å². The molecule has 124 valence electrons. The van der Waals surface area contributed by atoms with Crippen LogP contribution < -0.4 is 11.1 Å². The first-order valence-corrected chi connectivity index (χ1v) is 7.88. The summed E-state index contributed by atoms with van der Waals surface area (Å²) in [6.07, 6.45) is 4.35. The van der Waals surface area contributed by atoms with E-state index in [2.05, 4.69) is 5.32 Å². The molecule has 6 heteroatoms. The number of hydrogen-bond acceptors (Lipinski definition) is 5. The van der Waals surface area contributed by atoms with Gasteiger partial charge in [0, 0.05) is 26.7 Å². The lowest BCUT2D eigenvalue weighted by Crippen LogP contribution is -2.58. The molecule has 1 fully saturated rings. The molecule has 1 aliphatic rings. The quantitative estimate of drug-likeness (QED) is 0.552. The van der Waals surface area contributed by atoms with Crippen LogP contribution in [0.15, 0.2) is 0 Å². The molecule has 0 heterocycles. The molecule has 1 amide bonds. The Morgan fingerprint density at radius 1 is 1.33 bits per heavy atom. The van der Waals surface area contributed by atoms with Crippen molar-refractivity contribution in [1.82, 2.24) is 5.32 Å². The second kappa shape index (κ2) is 10.1. The summed E-state index contributed by atoms with van der Waals surface area (Å²) in [6.45, 7) is 5.25. The molecule has 0 bridgehead atoms. The van der Waals surface area contributed by atoms with Crippen LogP contribution >= 0.6 is 0 Å². The molecule has 3 N–H and O–H groups in total. The topological polar surface area (TPSA) is 82.8 Å². The Morgan fingerprint density at radius 3 is 2.81 bits per heavy atom. The van der Waals surface area contributed by atoms with Crippen LogP contribution in [0.1, 0.15) is 39.0 Å². The monoisotopic (exact) mass is 302 g/mol. The summed E-state index contributed by atoms with van der Waals surface area (Å²) in [5.41, 5.74) is 4.98. The van der Waals surface area contributed by atoms with E-state index in [0.29, 0.717) is 32.8 Å². The van der Waals surface area contributed by atoms with Crippen molar-refractivity contribution >= 4 is 5.91 Å². The van der Waals surface area contributed by atoms with Crippen molar-refractivity contribution in [2.75, 3.05) is 40.1 Å². The lowest BCUT2D eigenvalue weighted by Gasteiger charge is -2.39. The molecule has 0 aliphatic heterocycles. The number of ether oxygens (including phenoxy) is 3. The highest BCUT2D eigenvalue weighted by molar-refractivity contribution is 5.84. The molecule has 0 aromatic rings. The van der Waals surface area contributed by atoms with Gasteiger partial charge in [0.2, 0.25) is 5.91 Å². The smallest absolute Gasteiger partial charge is 0.237 e. The maximum Gasteiger partial charge on any atom is 0.237 e. The molecule has 0 aromatic heterocycles. The molecular weight excluding hydrogens is 272 g/mol. The minimum absolute atomic E-state index is 0.0767. The highest BCUT2D eigenvalue weighted by atomic mass is 16.5. The average Bonchev–Trinajstić information content (AvgIpc) is 2.47. The van der Waals surface area contributed by atoms with Gasteiger partial charge in [-0.3, -0.25) is 4.79 Å². The van der Waals surface area contributed by atoms with Crippen LogP contribution in [0.2, 0.25) is 0 Å². The van der Waals surface area contributed by atoms with Crippen molar-refractivity contribution in [2.45, 2.75) is 50.7 Å². The number of nitrogens with one attached hydrogen (secondary N) is 1. The summed E-state index contributed by atoms with van der Waals surface area (Å²) in [5, 5.41) is 3.25. The van der Waals surface area contributed by atoms with Gasteiger partial charge in [-0.15, -0.1) is 0 Å². The van der Waals surface area contributed by atoms with Crippen LogP contribution in [0.5, 0.6) is 0 Å². The minimum atomic E-state index is -0.600. The summed E-state index contributed by atoms with van der Waals surface area (Å²) >= 11 is 0. The third-order valence-corrected chi connectivity index (χ3v) is 3.91. The van der Waals surface area contributed by atoms with Gasteiger partial charge in [-0.25, -0.2) is 0 Å². The van der Waals surface area contributed by atoms with Crippen molar-refractivity contribution in [2.24, 2.45) is 5.73 Å². The van der Waals surface area contributed by atoms with E-state index in [1.165, 1.54) is 0 Å². The second-order valence-corrected chi connectivity index (χ2v) is 5.52. The van der Waals surface area contributed by atoms with E-state index in [1.54, 1.807) is 7.11 Å². The number of methoxy groups -OCH3 is 1. The fraction of sp³-hybridized carbons (Fsp3) is 0.933. The van der Waals surface area contributed by atoms with Crippen LogP contribution in [-0.2, 0) is 19.0 Å². The van der Waals surface area contributed by atoms with Crippen LogP contribution in [0.3, 0.4) is 0 Å². The van der Waals surface area contributed by atoms with Gasteiger partial charge >= 0.3 is 0 Å². The molecule has 1 rings (SSSR count). The Kier molecular flexibility index (Phi) is 8.84. The number of hydrogen-bond donors (Lipinski definition) is 2.